The summed E-state index contributed by atoms with van der Waals surface area (Å²) >= 11 is 0. The summed E-state index contributed by atoms with van der Waals surface area (Å²) in [7, 11) is 0. The number of ether oxygens (including phenoxy) is 1. The Kier molecular flexibility index (Phi) is 6.08. The Balaban J connectivity index is 1.53. The summed E-state index contributed by atoms with van der Waals surface area (Å²) in [5.41, 5.74) is 1.66. The second kappa shape index (κ2) is 8.93. The zero-order valence-electron chi connectivity index (χ0n) is 16.7. The minimum Gasteiger partial charge on any atom is -0.445 e. The summed E-state index contributed by atoms with van der Waals surface area (Å²) in [5, 5.41) is 16.3. The second-order valence-electron chi connectivity index (χ2n) is 7.70. The lowest BCUT2D eigenvalue weighted by Gasteiger charge is -2.33. The van der Waals surface area contributed by atoms with Crippen LogP contribution in [-0.2, 0) is 18.0 Å². The van der Waals surface area contributed by atoms with Crippen LogP contribution in [0.1, 0.15) is 48.7 Å². The number of alkyl halides is 2. The number of carbonyl (C=O) groups is 1. The molecule has 0 bridgehead atoms. The van der Waals surface area contributed by atoms with E-state index >= 15 is 0 Å². The van der Waals surface area contributed by atoms with Crippen LogP contribution in [0.25, 0.3) is 5.78 Å². The number of aliphatic hydroxyl groups excluding tert-OH is 1. The molecule has 10 heteroatoms. The zero-order chi connectivity index (χ0) is 21.8. The molecule has 31 heavy (non-hydrogen) atoms. The van der Waals surface area contributed by atoms with Gasteiger partial charge in [0.05, 0.1) is 30.7 Å². The summed E-state index contributed by atoms with van der Waals surface area (Å²) in [6.45, 7) is -0.183. The van der Waals surface area contributed by atoms with Crippen molar-refractivity contribution in [2.24, 2.45) is 5.92 Å². The van der Waals surface area contributed by atoms with E-state index in [-0.39, 0.29) is 50.6 Å². The number of imidazole rings is 1. The van der Waals surface area contributed by atoms with Crippen LogP contribution in [0.2, 0.25) is 0 Å². The molecule has 1 aliphatic rings. The van der Waals surface area contributed by atoms with E-state index in [1.165, 1.54) is 10.7 Å². The lowest BCUT2D eigenvalue weighted by molar-refractivity contribution is -0.0497. The average Bonchev–Trinajstić information content (AvgIpc) is 3.20. The lowest BCUT2D eigenvalue weighted by Crippen LogP contribution is -2.37. The van der Waals surface area contributed by atoms with E-state index < -0.39 is 18.1 Å². The van der Waals surface area contributed by atoms with Crippen molar-refractivity contribution in [3.05, 3.63) is 59.7 Å². The van der Waals surface area contributed by atoms with E-state index in [0.29, 0.717) is 11.4 Å². The molecule has 164 valence electrons. The maximum atomic E-state index is 13.7. The number of aromatic nitrogens is 4. The van der Waals surface area contributed by atoms with Gasteiger partial charge in [-0.3, -0.25) is 0 Å². The van der Waals surface area contributed by atoms with Crippen LogP contribution in [0.4, 0.5) is 13.6 Å². The van der Waals surface area contributed by atoms with Crippen molar-refractivity contribution in [1.82, 2.24) is 24.9 Å². The molecule has 1 amide bonds. The molecule has 1 atom stereocenters. The Morgan fingerprint density at radius 1 is 1.29 bits per heavy atom. The van der Waals surface area contributed by atoms with Gasteiger partial charge in [-0.15, -0.1) is 0 Å². The number of aliphatic hydroxyl groups is 1. The predicted molar refractivity (Wildman–Crippen MR) is 106 cm³/mol. The number of fused-ring (bicyclic) bond motifs is 1. The topological polar surface area (TPSA) is 102 Å². The molecule has 2 N–H and O–H groups in total. The molecule has 1 saturated carbocycles. The van der Waals surface area contributed by atoms with Crippen molar-refractivity contribution in [2.75, 3.05) is 0 Å². The Bertz CT molecular complexity index is 1030. The third-order valence-corrected chi connectivity index (χ3v) is 5.45. The Labute approximate surface area is 177 Å². The Morgan fingerprint density at radius 2 is 2.03 bits per heavy atom. The molecule has 3 aromatic rings. The van der Waals surface area contributed by atoms with Gasteiger partial charge in [-0.05, 0) is 24.3 Å². The van der Waals surface area contributed by atoms with Crippen molar-refractivity contribution in [2.45, 2.75) is 50.9 Å². The molecule has 0 radical (unpaired) electrons. The average molecular weight is 431 g/mol. The van der Waals surface area contributed by atoms with Gasteiger partial charge in [0.2, 0.25) is 5.92 Å². The molecule has 8 nitrogen and oxygen atoms in total. The second-order valence-corrected chi connectivity index (χ2v) is 7.70. The number of benzene rings is 1. The number of amides is 1. The molecule has 2 heterocycles. The fourth-order valence-corrected chi connectivity index (χ4v) is 3.78. The van der Waals surface area contributed by atoms with Gasteiger partial charge in [0.25, 0.3) is 5.78 Å². The highest BCUT2D eigenvalue weighted by Crippen LogP contribution is 2.41. The highest BCUT2D eigenvalue weighted by molar-refractivity contribution is 5.68. The van der Waals surface area contributed by atoms with E-state index in [1.54, 1.807) is 6.20 Å². The summed E-state index contributed by atoms with van der Waals surface area (Å²) in [6.07, 6.45) is 2.35. The van der Waals surface area contributed by atoms with Gasteiger partial charge in [-0.25, -0.2) is 28.1 Å². The first-order chi connectivity index (χ1) is 14.9. The first-order valence-electron chi connectivity index (χ1n) is 10.1. The number of hydrogen-bond donors (Lipinski definition) is 2. The molecule has 0 saturated heterocycles. The number of nitrogens with one attached hydrogen (secondary N) is 1. The number of rotatable bonds is 6. The molecule has 4 rings (SSSR count). The van der Waals surface area contributed by atoms with E-state index in [0.717, 1.165) is 5.56 Å². The zero-order valence-corrected chi connectivity index (χ0v) is 16.7. The molecular weight excluding hydrogens is 408 g/mol. The van der Waals surface area contributed by atoms with Crippen molar-refractivity contribution in [3.63, 3.8) is 0 Å². The molecule has 1 aromatic carbocycles. The van der Waals surface area contributed by atoms with E-state index in [1.807, 2.05) is 30.3 Å². The summed E-state index contributed by atoms with van der Waals surface area (Å²) in [4.78, 5) is 21.1. The highest BCUT2D eigenvalue weighted by Gasteiger charge is 2.39. The smallest absolute Gasteiger partial charge is 0.408 e. The van der Waals surface area contributed by atoms with Gasteiger partial charge in [0.1, 0.15) is 12.3 Å². The number of alkyl carbamates (subject to hydrolysis) is 1. The minimum atomic E-state index is -2.69. The van der Waals surface area contributed by atoms with Gasteiger partial charge < -0.3 is 15.2 Å². The number of hydrogen-bond acceptors (Lipinski definition) is 6. The van der Waals surface area contributed by atoms with Crippen LogP contribution < -0.4 is 5.32 Å². The summed E-state index contributed by atoms with van der Waals surface area (Å²) in [6, 6.07) is 8.61. The summed E-state index contributed by atoms with van der Waals surface area (Å²) in [5.74, 6) is -2.63. The molecule has 1 fully saturated rings. The molecular formula is C21H23F2N5O3. The maximum Gasteiger partial charge on any atom is 0.408 e. The van der Waals surface area contributed by atoms with Crippen LogP contribution in [0.3, 0.4) is 0 Å². The lowest BCUT2D eigenvalue weighted by atomic mass is 9.81. The fourth-order valence-electron chi connectivity index (χ4n) is 3.78. The molecule has 2 aromatic heterocycles. The Hall–Kier alpha value is -3.14. The fraction of sp³-hybridized carbons (Fsp3) is 0.429. The highest BCUT2D eigenvalue weighted by atomic mass is 19.3. The maximum absolute atomic E-state index is 13.7. The first-order valence-corrected chi connectivity index (χ1v) is 10.1. The quantitative estimate of drug-likeness (QED) is 0.620. The summed E-state index contributed by atoms with van der Waals surface area (Å²) < 4.78 is 34.1. The van der Waals surface area contributed by atoms with Crippen molar-refractivity contribution in [1.29, 1.82) is 0 Å². The van der Waals surface area contributed by atoms with Gasteiger partial charge in [0, 0.05) is 12.8 Å². The molecule has 0 aliphatic heterocycles. The van der Waals surface area contributed by atoms with E-state index in [2.05, 4.69) is 20.4 Å². The van der Waals surface area contributed by atoms with Gasteiger partial charge in [0.15, 0.2) is 0 Å². The minimum absolute atomic E-state index is 0.0935. The predicted octanol–water partition coefficient (Wildman–Crippen LogP) is 3.41. The van der Waals surface area contributed by atoms with Crippen LogP contribution in [0, 0.1) is 5.92 Å². The van der Waals surface area contributed by atoms with Crippen LogP contribution in [0.5, 0.6) is 0 Å². The normalized spacial score (nSPS) is 17.4. The largest absolute Gasteiger partial charge is 0.445 e. The van der Waals surface area contributed by atoms with Crippen LogP contribution in [0.15, 0.2) is 42.7 Å². The monoisotopic (exact) mass is 431 g/mol. The van der Waals surface area contributed by atoms with E-state index in [4.69, 9.17) is 4.74 Å². The number of carbonyl (C=O) groups excluding carboxylic acids is 1. The van der Waals surface area contributed by atoms with Crippen molar-refractivity contribution >= 4 is 11.9 Å². The van der Waals surface area contributed by atoms with E-state index in [9.17, 15) is 18.7 Å². The van der Waals surface area contributed by atoms with Gasteiger partial charge in [-0.2, -0.15) is 5.10 Å². The van der Waals surface area contributed by atoms with Crippen LogP contribution >= 0.6 is 0 Å². The van der Waals surface area contributed by atoms with Gasteiger partial charge >= 0.3 is 6.09 Å². The standard InChI is InChI=1S/C21H23F2N5O3/c22-21(23)8-6-15(7-9-21)18(26-20(30)31-13-14-4-2-1-3-5-14)17-11-28-19(25-17)24-10-16(12-29)27-28/h1-5,10-11,15,18,29H,6-9,12-13H2,(H,26,30)/t18-/m0/s1. The third-order valence-electron chi connectivity index (χ3n) is 5.45. The number of nitrogens with zero attached hydrogens (tertiary/aromatic N) is 4. The van der Waals surface area contributed by atoms with Crippen molar-refractivity contribution < 1.29 is 23.4 Å². The Morgan fingerprint density at radius 3 is 2.74 bits per heavy atom. The first kappa shape index (κ1) is 21.1. The van der Waals surface area contributed by atoms with Gasteiger partial charge in [-0.1, -0.05) is 30.3 Å². The molecule has 0 spiro atoms. The van der Waals surface area contributed by atoms with Crippen molar-refractivity contribution in [3.8, 4) is 0 Å². The molecule has 1 aliphatic carbocycles. The third kappa shape index (κ3) is 5.13. The van der Waals surface area contributed by atoms with Crippen LogP contribution in [-0.4, -0.2) is 36.7 Å². The molecule has 0 unspecified atom stereocenters. The SMILES string of the molecule is O=C(N[C@H](c1cn2nc(CO)cnc2n1)C1CCC(F)(F)CC1)OCc1ccccc1. The number of halogens is 2.